The van der Waals surface area contributed by atoms with Gasteiger partial charge in [-0.25, -0.2) is 9.55 Å². The average Bonchev–Trinajstić information content (AvgIpc) is 2.93. The monoisotopic (exact) mass is 324 g/mol. The summed E-state index contributed by atoms with van der Waals surface area (Å²) in [5.41, 5.74) is 2.69. The molecule has 0 aliphatic carbocycles. The van der Waals surface area contributed by atoms with E-state index in [1.165, 1.54) is 0 Å². The van der Waals surface area contributed by atoms with E-state index in [1.807, 2.05) is 73.0 Å². The van der Waals surface area contributed by atoms with Crippen molar-refractivity contribution in [2.75, 3.05) is 4.90 Å². The molecule has 0 saturated carbocycles. The maximum atomic E-state index is 13.0. The molecule has 3 rings (SSSR count). The van der Waals surface area contributed by atoms with Crippen LogP contribution in [0, 0.1) is 0 Å². The molecule has 2 aromatic carbocycles. The van der Waals surface area contributed by atoms with Gasteiger partial charge in [-0.05, 0) is 38.1 Å². The number of aromatic nitrogens is 2. The fourth-order valence-corrected chi connectivity index (χ4v) is 3.02. The number of para-hydroxylation sites is 3. The van der Waals surface area contributed by atoms with Crippen LogP contribution < -0.4 is 9.47 Å². The predicted octanol–water partition coefficient (Wildman–Crippen LogP) is 2.39. The number of imidazole rings is 1. The van der Waals surface area contributed by atoms with Gasteiger partial charge in [-0.3, -0.25) is 4.79 Å². The first kappa shape index (κ1) is 16.2. The largest absolute Gasteiger partial charge is 0.384 e. The van der Waals surface area contributed by atoms with Gasteiger partial charge in [0.25, 0.3) is 11.7 Å². The number of amides is 1. The number of aliphatic hydroxyl groups excluding tert-OH is 1. The van der Waals surface area contributed by atoms with Crippen LogP contribution in [0.5, 0.6) is 0 Å². The van der Waals surface area contributed by atoms with Crippen LogP contribution in [0.1, 0.15) is 19.7 Å². The van der Waals surface area contributed by atoms with E-state index in [2.05, 4.69) is 4.98 Å². The van der Waals surface area contributed by atoms with E-state index in [9.17, 15) is 9.90 Å². The fraction of sp³-hybridized carbons (Fsp3) is 0.263. The minimum Gasteiger partial charge on any atom is -0.384 e. The minimum absolute atomic E-state index is 0.0133. The molecule has 0 atom stereocenters. The third-order valence-electron chi connectivity index (χ3n) is 4.06. The van der Waals surface area contributed by atoms with Crippen LogP contribution in [0.3, 0.4) is 0 Å². The first-order chi connectivity index (χ1) is 11.6. The molecule has 24 heavy (non-hydrogen) atoms. The van der Waals surface area contributed by atoms with Crippen molar-refractivity contribution in [3.05, 3.63) is 60.4 Å². The van der Waals surface area contributed by atoms with E-state index < -0.39 is 0 Å². The Morgan fingerprint density at radius 3 is 2.46 bits per heavy atom. The summed E-state index contributed by atoms with van der Waals surface area (Å²) in [7, 11) is 0. The van der Waals surface area contributed by atoms with Gasteiger partial charge in [-0.15, -0.1) is 0 Å². The number of H-pyrrole nitrogens is 1. The molecule has 0 aliphatic rings. The van der Waals surface area contributed by atoms with E-state index in [0.717, 1.165) is 16.7 Å². The summed E-state index contributed by atoms with van der Waals surface area (Å²) in [6, 6.07) is 17.4. The number of nitrogens with zero attached hydrogens (tertiary/aromatic N) is 2. The summed E-state index contributed by atoms with van der Waals surface area (Å²) in [6.07, 6.45) is 0. The van der Waals surface area contributed by atoms with Crippen LogP contribution in [0.2, 0.25) is 0 Å². The fourth-order valence-electron chi connectivity index (χ4n) is 3.02. The van der Waals surface area contributed by atoms with Gasteiger partial charge < -0.3 is 10.0 Å². The van der Waals surface area contributed by atoms with E-state index in [4.69, 9.17) is 0 Å². The Morgan fingerprint density at radius 2 is 1.79 bits per heavy atom. The molecule has 0 unspecified atom stereocenters. The van der Waals surface area contributed by atoms with Gasteiger partial charge in [0.15, 0.2) is 17.6 Å². The van der Waals surface area contributed by atoms with E-state index in [-0.39, 0.29) is 25.1 Å². The first-order valence-electron chi connectivity index (χ1n) is 8.09. The van der Waals surface area contributed by atoms with Crippen molar-refractivity contribution >= 4 is 22.6 Å². The summed E-state index contributed by atoms with van der Waals surface area (Å²) in [5.74, 6) is 0.613. The molecule has 1 aromatic heterocycles. The second-order valence-corrected chi connectivity index (χ2v) is 6.03. The second kappa shape index (κ2) is 6.84. The predicted molar refractivity (Wildman–Crippen MR) is 93.5 cm³/mol. The minimum atomic E-state index is -0.144. The molecule has 1 amide bonds. The van der Waals surface area contributed by atoms with Gasteiger partial charge in [0.1, 0.15) is 6.61 Å². The number of fused-ring (bicyclic) bond motifs is 1. The number of aromatic amines is 1. The van der Waals surface area contributed by atoms with Crippen LogP contribution in [-0.2, 0) is 17.9 Å². The average molecular weight is 324 g/mol. The van der Waals surface area contributed by atoms with E-state index >= 15 is 0 Å². The highest BCUT2D eigenvalue weighted by atomic mass is 16.3. The van der Waals surface area contributed by atoms with Crippen LogP contribution in [0.4, 0.5) is 5.69 Å². The quantitative estimate of drug-likeness (QED) is 0.708. The number of aliphatic hydroxyl groups is 1. The van der Waals surface area contributed by atoms with Crippen LogP contribution >= 0.6 is 0 Å². The standard InChI is InChI=1S/C19H21N3O2/c1-14(2)22(15-8-4-3-5-9-15)19(24)12-21-17-11-7-6-10-16(17)20-18(21)13-23/h3-11,14,23H,12-13H2,1-2H3/p+1. The van der Waals surface area contributed by atoms with Crippen molar-refractivity contribution in [1.29, 1.82) is 0 Å². The number of benzene rings is 2. The third-order valence-corrected chi connectivity index (χ3v) is 4.06. The van der Waals surface area contributed by atoms with Crippen LogP contribution in [0.15, 0.2) is 54.6 Å². The Morgan fingerprint density at radius 1 is 1.12 bits per heavy atom. The van der Waals surface area contributed by atoms with Gasteiger partial charge >= 0.3 is 0 Å². The number of rotatable bonds is 5. The van der Waals surface area contributed by atoms with Crippen molar-refractivity contribution in [3.8, 4) is 0 Å². The topological polar surface area (TPSA) is 60.2 Å². The lowest BCUT2D eigenvalue weighted by Gasteiger charge is -2.26. The molecular formula is C19H22N3O2+. The second-order valence-electron chi connectivity index (χ2n) is 6.03. The van der Waals surface area contributed by atoms with Crippen LogP contribution in [-0.4, -0.2) is 22.0 Å². The summed E-state index contributed by atoms with van der Waals surface area (Å²) >= 11 is 0. The van der Waals surface area contributed by atoms with E-state index in [0.29, 0.717) is 5.82 Å². The van der Waals surface area contributed by atoms with Crippen molar-refractivity contribution in [2.45, 2.75) is 33.0 Å². The maximum absolute atomic E-state index is 13.0. The first-order valence-corrected chi connectivity index (χ1v) is 8.09. The highest BCUT2D eigenvalue weighted by Gasteiger charge is 2.25. The van der Waals surface area contributed by atoms with Gasteiger partial charge in [0.2, 0.25) is 0 Å². The molecule has 0 bridgehead atoms. The Hall–Kier alpha value is -2.66. The zero-order valence-electron chi connectivity index (χ0n) is 13.9. The van der Waals surface area contributed by atoms with Crippen molar-refractivity contribution < 1.29 is 14.5 Å². The van der Waals surface area contributed by atoms with Gasteiger partial charge in [-0.2, -0.15) is 0 Å². The normalized spacial score (nSPS) is 11.2. The zero-order chi connectivity index (χ0) is 17.1. The lowest BCUT2D eigenvalue weighted by molar-refractivity contribution is -0.667. The SMILES string of the molecule is CC(C)N(C(=O)C[n+]1c(CO)[nH]c2ccccc21)c1ccccc1. The maximum Gasteiger partial charge on any atom is 0.281 e. The number of anilines is 1. The molecule has 3 aromatic rings. The number of nitrogens with one attached hydrogen (secondary N) is 1. The van der Waals surface area contributed by atoms with Gasteiger partial charge in [-0.1, -0.05) is 30.3 Å². The summed E-state index contributed by atoms with van der Waals surface area (Å²) in [5, 5.41) is 9.62. The van der Waals surface area contributed by atoms with E-state index in [1.54, 1.807) is 4.90 Å². The number of hydrogen-bond acceptors (Lipinski definition) is 2. The van der Waals surface area contributed by atoms with Crippen molar-refractivity contribution in [1.82, 2.24) is 4.98 Å². The number of carbonyl (C=O) groups is 1. The Kier molecular flexibility index (Phi) is 4.62. The number of carbonyl (C=O) groups excluding carboxylic acids is 1. The molecular weight excluding hydrogens is 302 g/mol. The summed E-state index contributed by atoms with van der Waals surface area (Å²) < 4.78 is 1.84. The zero-order valence-corrected chi connectivity index (χ0v) is 13.9. The lowest BCUT2D eigenvalue weighted by Crippen LogP contribution is -2.48. The third kappa shape index (κ3) is 3.03. The molecule has 0 spiro atoms. The smallest absolute Gasteiger partial charge is 0.281 e. The lowest BCUT2D eigenvalue weighted by atomic mass is 10.2. The highest BCUT2D eigenvalue weighted by Crippen LogP contribution is 2.17. The Balaban J connectivity index is 1.96. The van der Waals surface area contributed by atoms with Gasteiger partial charge in [0, 0.05) is 11.7 Å². The molecule has 0 aliphatic heterocycles. The van der Waals surface area contributed by atoms with Gasteiger partial charge in [0.05, 0.1) is 0 Å². The van der Waals surface area contributed by atoms with Crippen molar-refractivity contribution in [2.24, 2.45) is 0 Å². The number of hydrogen-bond donors (Lipinski definition) is 2. The van der Waals surface area contributed by atoms with Crippen molar-refractivity contribution in [3.63, 3.8) is 0 Å². The molecule has 0 saturated heterocycles. The highest BCUT2D eigenvalue weighted by molar-refractivity contribution is 5.93. The molecule has 0 radical (unpaired) electrons. The molecule has 2 N–H and O–H groups in total. The Labute approximate surface area is 141 Å². The summed E-state index contributed by atoms with van der Waals surface area (Å²) in [4.78, 5) is 17.9. The molecule has 5 nitrogen and oxygen atoms in total. The summed E-state index contributed by atoms with van der Waals surface area (Å²) in [6.45, 7) is 4.03. The molecule has 1 heterocycles. The molecule has 0 fully saturated rings. The molecule has 124 valence electrons. The van der Waals surface area contributed by atoms with Crippen LogP contribution in [0.25, 0.3) is 11.0 Å². The Bertz CT molecular complexity index is 840. The molecule has 5 heteroatoms.